The Labute approximate surface area is 208 Å². The molecule has 0 unspecified atom stereocenters. The molecule has 1 atom stereocenters. The summed E-state index contributed by atoms with van der Waals surface area (Å²) in [6.45, 7) is 4.93. The molecule has 0 bridgehead atoms. The van der Waals surface area contributed by atoms with Crippen molar-refractivity contribution in [1.82, 2.24) is 14.5 Å². The predicted molar refractivity (Wildman–Crippen MR) is 136 cm³/mol. The van der Waals surface area contributed by atoms with E-state index in [0.29, 0.717) is 35.1 Å². The molecule has 0 aliphatic carbocycles. The summed E-state index contributed by atoms with van der Waals surface area (Å²) in [6.07, 6.45) is 3.38. The number of aromatic hydroxyl groups is 1. The van der Waals surface area contributed by atoms with Gasteiger partial charge in [0, 0.05) is 43.1 Å². The lowest BCUT2D eigenvalue weighted by Crippen LogP contribution is -2.49. The molecule has 4 aromatic rings. The number of hydrogen-bond donors (Lipinski definition) is 1. The molecular weight excluding hydrogens is 464 g/mol. The van der Waals surface area contributed by atoms with Crippen molar-refractivity contribution in [2.24, 2.45) is 0 Å². The third-order valence-electron chi connectivity index (χ3n) is 6.54. The number of anilines is 1. The van der Waals surface area contributed by atoms with Crippen molar-refractivity contribution in [2.45, 2.75) is 19.5 Å². The van der Waals surface area contributed by atoms with Crippen molar-refractivity contribution in [3.63, 3.8) is 0 Å². The van der Waals surface area contributed by atoms with E-state index in [0.717, 1.165) is 24.5 Å². The molecule has 1 aliphatic heterocycles. The first-order valence-corrected chi connectivity index (χ1v) is 12.0. The molecule has 8 heteroatoms. The van der Waals surface area contributed by atoms with Crippen LogP contribution < -0.4 is 10.5 Å². The summed E-state index contributed by atoms with van der Waals surface area (Å²) >= 11 is 6.65. The van der Waals surface area contributed by atoms with Gasteiger partial charge in [-0.25, -0.2) is 4.98 Å². The van der Waals surface area contributed by atoms with Gasteiger partial charge in [-0.2, -0.15) is 0 Å². The lowest BCUT2D eigenvalue weighted by molar-refractivity contribution is 0.207. The van der Waals surface area contributed by atoms with Gasteiger partial charge in [0.05, 0.1) is 24.4 Å². The topological polar surface area (TPSA) is 74.7 Å². The Bertz CT molecular complexity index is 1350. The number of benzene rings is 1. The summed E-state index contributed by atoms with van der Waals surface area (Å²) < 4.78 is 7.13. The smallest absolute Gasteiger partial charge is 0.260 e. The molecule has 1 saturated heterocycles. The molecule has 0 amide bonds. The summed E-state index contributed by atoms with van der Waals surface area (Å²) in [5.41, 5.74) is 1.52. The van der Waals surface area contributed by atoms with Gasteiger partial charge in [-0.05, 0) is 48.9 Å². The Kier molecular flexibility index (Phi) is 6.61. The lowest BCUT2D eigenvalue weighted by Gasteiger charge is -2.40. The summed E-state index contributed by atoms with van der Waals surface area (Å²) in [5, 5.41) is 11.6. The molecule has 0 spiro atoms. The molecule has 35 heavy (non-hydrogen) atoms. The van der Waals surface area contributed by atoms with Crippen LogP contribution in [-0.4, -0.2) is 45.7 Å². The first-order chi connectivity index (χ1) is 17.0. The Balaban J connectivity index is 1.55. The molecule has 0 radical (unpaired) electrons. The van der Waals surface area contributed by atoms with E-state index in [-0.39, 0.29) is 17.9 Å². The minimum atomic E-state index is -0.495. The lowest BCUT2D eigenvalue weighted by atomic mass is 9.95. The number of nitrogens with zero attached hydrogens (tertiary/aromatic N) is 4. The van der Waals surface area contributed by atoms with Crippen molar-refractivity contribution in [3.05, 3.63) is 111 Å². The van der Waals surface area contributed by atoms with E-state index in [1.54, 1.807) is 29.2 Å². The van der Waals surface area contributed by atoms with E-state index in [1.807, 2.05) is 55.5 Å². The van der Waals surface area contributed by atoms with Gasteiger partial charge in [0.15, 0.2) is 0 Å². The zero-order valence-corrected chi connectivity index (χ0v) is 20.2. The van der Waals surface area contributed by atoms with Crippen molar-refractivity contribution in [2.75, 3.05) is 31.1 Å². The van der Waals surface area contributed by atoms with E-state index in [4.69, 9.17) is 16.0 Å². The van der Waals surface area contributed by atoms with Crippen LogP contribution in [0, 0.1) is 6.92 Å². The standard InChI is InChI=1S/C27H27ClN4O3/c1-19-17-23(33)25(27(34)32(19)18-20-7-6-16-35-20)26(21-8-2-3-9-22(21)28)31-14-12-30(13-15-31)24-10-4-5-11-29-24/h2-11,16-17,26,33H,12-15,18H2,1H3/t26-/m1/s1. The van der Waals surface area contributed by atoms with Gasteiger partial charge in [-0.3, -0.25) is 9.69 Å². The highest BCUT2D eigenvalue weighted by atomic mass is 35.5. The molecule has 3 aromatic heterocycles. The molecular formula is C27H27ClN4O3. The maximum absolute atomic E-state index is 13.9. The maximum atomic E-state index is 13.9. The van der Waals surface area contributed by atoms with Gasteiger partial charge in [0.2, 0.25) is 0 Å². The van der Waals surface area contributed by atoms with Crippen LogP contribution in [0.25, 0.3) is 0 Å². The van der Waals surface area contributed by atoms with E-state index in [1.165, 1.54) is 0 Å². The third-order valence-corrected chi connectivity index (χ3v) is 6.89. The number of hydrogen-bond acceptors (Lipinski definition) is 6. The number of furan rings is 1. The summed E-state index contributed by atoms with van der Waals surface area (Å²) in [4.78, 5) is 22.8. The second-order valence-electron chi connectivity index (χ2n) is 8.69. The van der Waals surface area contributed by atoms with Crippen LogP contribution in [0.2, 0.25) is 5.02 Å². The minimum absolute atomic E-state index is 0.0275. The average molecular weight is 491 g/mol. The van der Waals surface area contributed by atoms with Crippen LogP contribution in [0.15, 0.2) is 82.3 Å². The van der Waals surface area contributed by atoms with E-state index >= 15 is 0 Å². The summed E-state index contributed by atoms with van der Waals surface area (Å²) in [7, 11) is 0. The molecule has 5 rings (SSSR count). The van der Waals surface area contributed by atoms with Crippen molar-refractivity contribution >= 4 is 17.4 Å². The van der Waals surface area contributed by atoms with Gasteiger partial charge in [0.25, 0.3) is 5.56 Å². The van der Waals surface area contributed by atoms with E-state index in [2.05, 4.69) is 14.8 Å². The Hall–Kier alpha value is -3.55. The average Bonchev–Trinajstić information content (AvgIpc) is 3.39. The highest BCUT2D eigenvalue weighted by Gasteiger charge is 2.33. The van der Waals surface area contributed by atoms with Crippen LogP contribution in [0.4, 0.5) is 5.82 Å². The maximum Gasteiger partial charge on any atom is 0.260 e. The number of aryl methyl sites for hydroxylation is 1. The molecule has 4 heterocycles. The fourth-order valence-electron chi connectivity index (χ4n) is 4.76. The van der Waals surface area contributed by atoms with Crippen LogP contribution in [0.3, 0.4) is 0 Å². The van der Waals surface area contributed by atoms with E-state index in [9.17, 15) is 9.90 Å². The molecule has 1 fully saturated rings. The normalized spacial score (nSPS) is 15.3. The van der Waals surface area contributed by atoms with Gasteiger partial charge in [-0.15, -0.1) is 0 Å². The van der Waals surface area contributed by atoms with Crippen molar-refractivity contribution < 1.29 is 9.52 Å². The summed E-state index contributed by atoms with van der Waals surface area (Å²) in [6, 6.07) is 18.2. The predicted octanol–water partition coefficient (Wildman–Crippen LogP) is 4.46. The number of halogens is 1. The number of pyridine rings is 2. The fourth-order valence-corrected chi connectivity index (χ4v) is 5.00. The fraction of sp³-hybridized carbons (Fsp3) is 0.259. The Morgan fingerprint density at radius 2 is 1.83 bits per heavy atom. The third kappa shape index (κ3) is 4.70. The van der Waals surface area contributed by atoms with Crippen molar-refractivity contribution in [1.29, 1.82) is 0 Å². The van der Waals surface area contributed by atoms with Crippen LogP contribution in [0.5, 0.6) is 5.75 Å². The highest BCUT2D eigenvalue weighted by Crippen LogP contribution is 2.36. The van der Waals surface area contributed by atoms with E-state index < -0.39 is 6.04 Å². The highest BCUT2D eigenvalue weighted by molar-refractivity contribution is 6.31. The second-order valence-corrected chi connectivity index (χ2v) is 9.10. The van der Waals surface area contributed by atoms with Crippen LogP contribution in [-0.2, 0) is 6.54 Å². The number of piperazine rings is 1. The van der Waals surface area contributed by atoms with Gasteiger partial charge < -0.3 is 19.0 Å². The quantitative estimate of drug-likeness (QED) is 0.430. The molecule has 180 valence electrons. The van der Waals surface area contributed by atoms with Crippen molar-refractivity contribution in [3.8, 4) is 5.75 Å². The monoisotopic (exact) mass is 490 g/mol. The molecule has 0 saturated carbocycles. The second kappa shape index (κ2) is 9.98. The van der Waals surface area contributed by atoms with Gasteiger partial charge in [-0.1, -0.05) is 35.9 Å². The SMILES string of the molecule is Cc1cc(O)c([C@@H](c2ccccc2Cl)N2CCN(c3ccccn3)CC2)c(=O)n1Cc1ccco1. The van der Waals surface area contributed by atoms with Gasteiger partial charge in [0.1, 0.15) is 17.3 Å². The van der Waals surface area contributed by atoms with Crippen LogP contribution in [0.1, 0.15) is 28.6 Å². The largest absolute Gasteiger partial charge is 0.507 e. The number of rotatable bonds is 6. The minimum Gasteiger partial charge on any atom is -0.507 e. The zero-order valence-electron chi connectivity index (χ0n) is 19.5. The Morgan fingerprint density at radius 3 is 2.51 bits per heavy atom. The van der Waals surface area contributed by atoms with Crippen LogP contribution >= 0.6 is 11.6 Å². The first kappa shape index (κ1) is 23.2. The Morgan fingerprint density at radius 1 is 1.06 bits per heavy atom. The zero-order chi connectivity index (χ0) is 24.4. The molecule has 7 nitrogen and oxygen atoms in total. The molecule has 1 aromatic carbocycles. The number of aromatic nitrogens is 2. The molecule has 1 N–H and O–H groups in total. The molecule has 1 aliphatic rings. The summed E-state index contributed by atoms with van der Waals surface area (Å²) in [5.74, 6) is 1.57. The first-order valence-electron chi connectivity index (χ1n) is 11.6. The van der Waals surface area contributed by atoms with Gasteiger partial charge >= 0.3 is 0 Å².